The fraction of sp³-hybridized carbons (Fsp3) is 0. The van der Waals surface area contributed by atoms with Crippen molar-refractivity contribution in [2.45, 2.75) is 0 Å². The highest BCUT2D eigenvalue weighted by atomic mass is 15.2. The van der Waals surface area contributed by atoms with Gasteiger partial charge in [-0.15, -0.1) is 0 Å². The van der Waals surface area contributed by atoms with Gasteiger partial charge in [-0.3, -0.25) is 0 Å². The van der Waals surface area contributed by atoms with Crippen molar-refractivity contribution in [2.75, 3.05) is 9.80 Å². The summed E-state index contributed by atoms with van der Waals surface area (Å²) >= 11 is 0. The molecule has 0 radical (unpaired) electrons. The van der Waals surface area contributed by atoms with Crippen molar-refractivity contribution in [1.82, 2.24) is 4.57 Å². The quantitative estimate of drug-likeness (QED) is 0.174. The van der Waals surface area contributed by atoms with E-state index in [4.69, 9.17) is 0 Å². The van der Waals surface area contributed by atoms with Gasteiger partial charge < -0.3 is 14.4 Å². The van der Waals surface area contributed by atoms with Gasteiger partial charge in [0.15, 0.2) is 0 Å². The molecule has 0 amide bonds. The Kier molecular flexibility index (Phi) is 6.35. The standard InChI is InChI=1S/C48H32BN3/c1-4-16-34(17-5-1)50-41-25-12-10-22-38(41)47-37(23-14-27-43(47)50)33-30-31-40-46(32-33)52(36-20-8-3-9-21-36)45-29-15-28-44-48(45)49(40)39-24-11-13-26-42(39)51(44)35-18-6-2-7-19-35/h1-32H. The van der Waals surface area contributed by atoms with E-state index < -0.39 is 0 Å². The van der Waals surface area contributed by atoms with Crippen LogP contribution in [0.3, 0.4) is 0 Å². The molecule has 52 heavy (non-hydrogen) atoms. The molecule has 8 aromatic carbocycles. The van der Waals surface area contributed by atoms with Gasteiger partial charge in [0.25, 0.3) is 6.71 Å². The van der Waals surface area contributed by atoms with E-state index in [1.165, 1.54) is 77.8 Å². The third-order valence-corrected chi connectivity index (χ3v) is 11.0. The molecule has 0 N–H and O–H groups in total. The molecule has 4 heteroatoms. The van der Waals surface area contributed by atoms with E-state index in [2.05, 4.69) is 208 Å². The second kappa shape index (κ2) is 11.4. The van der Waals surface area contributed by atoms with E-state index in [1.807, 2.05) is 0 Å². The maximum Gasteiger partial charge on any atom is 0.252 e. The Bertz CT molecular complexity index is 2810. The van der Waals surface area contributed by atoms with Crippen molar-refractivity contribution in [3.05, 3.63) is 194 Å². The SMILES string of the molecule is c1ccc(N2c3ccccc3B3c4ccc(-c5cccc6c5c5ccccc5n6-c5ccccc5)cc4N(c4ccccc4)c4cccc2c43)cc1. The highest BCUT2D eigenvalue weighted by molar-refractivity contribution is 7.00. The Labute approximate surface area is 303 Å². The van der Waals surface area contributed by atoms with E-state index >= 15 is 0 Å². The molecule has 0 spiro atoms. The minimum atomic E-state index is 0.0853. The molecule has 0 saturated carbocycles. The third-order valence-electron chi connectivity index (χ3n) is 11.0. The van der Waals surface area contributed by atoms with E-state index in [1.54, 1.807) is 0 Å². The van der Waals surface area contributed by atoms with E-state index in [0.29, 0.717) is 0 Å². The van der Waals surface area contributed by atoms with Crippen LogP contribution in [-0.2, 0) is 0 Å². The fourth-order valence-electron chi connectivity index (χ4n) is 8.87. The van der Waals surface area contributed by atoms with E-state index in [9.17, 15) is 0 Å². The third kappa shape index (κ3) is 4.15. The van der Waals surface area contributed by atoms with Crippen LogP contribution < -0.4 is 26.2 Å². The number of fused-ring (bicyclic) bond motifs is 7. The molecule has 0 atom stereocenters. The molecule has 3 nitrogen and oxygen atoms in total. The zero-order valence-electron chi connectivity index (χ0n) is 28.4. The van der Waals surface area contributed by atoms with E-state index in [0.717, 1.165) is 11.4 Å². The van der Waals surface area contributed by atoms with Crippen LogP contribution in [0, 0.1) is 0 Å². The Hall–Kier alpha value is -6.78. The number of nitrogens with zero attached hydrogens (tertiary/aromatic N) is 3. The lowest BCUT2D eigenvalue weighted by molar-refractivity contribution is 1.18. The minimum absolute atomic E-state index is 0.0853. The van der Waals surface area contributed by atoms with Crippen LogP contribution in [-0.4, -0.2) is 11.3 Å². The number of benzene rings is 8. The van der Waals surface area contributed by atoms with Crippen LogP contribution in [0.25, 0.3) is 38.6 Å². The van der Waals surface area contributed by atoms with Gasteiger partial charge in [0.05, 0.1) is 11.0 Å². The number of para-hydroxylation sites is 5. The van der Waals surface area contributed by atoms with Crippen LogP contribution >= 0.6 is 0 Å². The molecule has 0 fully saturated rings. The van der Waals surface area contributed by atoms with Crippen molar-refractivity contribution < 1.29 is 0 Å². The molecule has 0 unspecified atom stereocenters. The highest BCUT2D eigenvalue weighted by Crippen LogP contribution is 2.45. The Morgan fingerprint density at radius 1 is 0.365 bits per heavy atom. The summed E-state index contributed by atoms with van der Waals surface area (Å²) in [6.45, 7) is 0.0853. The van der Waals surface area contributed by atoms with Crippen molar-refractivity contribution in [2.24, 2.45) is 0 Å². The van der Waals surface area contributed by atoms with Gasteiger partial charge in [-0.1, -0.05) is 121 Å². The highest BCUT2D eigenvalue weighted by Gasteiger charge is 2.43. The van der Waals surface area contributed by atoms with Crippen molar-refractivity contribution in [3.8, 4) is 16.8 Å². The zero-order chi connectivity index (χ0) is 34.2. The smallest absolute Gasteiger partial charge is 0.252 e. The monoisotopic (exact) mass is 661 g/mol. The predicted molar refractivity (Wildman–Crippen MR) is 220 cm³/mol. The molecule has 9 aromatic rings. The lowest BCUT2D eigenvalue weighted by Crippen LogP contribution is -2.61. The van der Waals surface area contributed by atoms with Gasteiger partial charge in [-0.25, -0.2) is 0 Å². The molecular formula is C48H32BN3. The van der Waals surface area contributed by atoms with Gasteiger partial charge in [-0.05, 0) is 100 Å². The zero-order valence-corrected chi connectivity index (χ0v) is 28.4. The minimum Gasteiger partial charge on any atom is -0.311 e. The molecule has 0 bridgehead atoms. The van der Waals surface area contributed by atoms with Gasteiger partial charge in [0.2, 0.25) is 0 Å². The average molecular weight is 662 g/mol. The summed E-state index contributed by atoms with van der Waals surface area (Å²) in [6, 6.07) is 70.9. The molecule has 1 aromatic heterocycles. The molecule has 0 aliphatic carbocycles. The molecule has 11 rings (SSSR count). The lowest BCUT2D eigenvalue weighted by Gasteiger charge is -2.44. The summed E-state index contributed by atoms with van der Waals surface area (Å²) in [6.07, 6.45) is 0. The fourth-order valence-corrected chi connectivity index (χ4v) is 8.87. The van der Waals surface area contributed by atoms with Gasteiger partial charge in [0, 0.05) is 50.6 Å². The molecule has 2 aliphatic rings. The van der Waals surface area contributed by atoms with Crippen LogP contribution in [0.5, 0.6) is 0 Å². The van der Waals surface area contributed by atoms with Crippen LogP contribution in [0.2, 0.25) is 0 Å². The van der Waals surface area contributed by atoms with Gasteiger partial charge >= 0.3 is 0 Å². The number of anilines is 6. The second-order valence-corrected chi connectivity index (χ2v) is 13.7. The second-order valence-electron chi connectivity index (χ2n) is 13.7. The van der Waals surface area contributed by atoms with Crippen molar-refractivity contribution in [3.63, 3.8) is 0 Å². The Morgan fingerprint density at radius 3 is 1.63 bits per heavy atom. The molecule has 242 valence electrons. The van der Waals surface area contributed by atoms with Gasteiger partial charge in [-0.2, -0.15) is 0 Å². The topological polar surface area (TPSA) is 11.4 Å². The normalized spacial score (nSPS) is 12.9. The van der Waals surface area contributed by atoms with Crippen molar-refractivity contribution in [1.29, 1.82) is 0 Å². The number of hydrogen-bond acceptors (Lipinski definition) is 2. The first kappa shape index (κ1) is 29.0. The average Bonchev–Trinajstić information content (AvgIpc) is 3.56. The van der Waals surface area contributed by atoms with Crippen LogP contribution in [0.15, 0.2) is 194 Å². The van der Waals surface area contributed by atoms with E-state index in [-0.39, 0.29) is 6.71 Å². The van der Waals surface area contributed by atoms with Crippen LogP contribution in [0.1, 0.15) is 0 Å². The first-order valence-corrected chi connectivity index (χ1v) is 18.0. The molecule has 3 heterocycles. The number of aromatic nitrogens is 1. The lowest BCUT2D eigenvalue weighted by atomic mass is 9.33. The summed E-state index contributed by atoms with van der Waals surface area (Å²) in [5.74, 6) is 0. The summed E-state index contributed by atoms with van der Waals surface area (Å²) in [5, 5.41) is 2.53. The van der Waals surface area contributed by atoms with Gasteiger partial charge in [0.1, 0.15) is 0 Å². The van der Waals surface area contributed by atoms with Crippen molar-refractivity contribution >= 4 is 79.0 Å². The first-order chi connectivity index (χ1) is 25.8. The number of rotatable bonds is 4. The maximum absolute atomic E-state index is 2.48. The Morgan fingerprint density at radius 2 is 0.904 bits per heavy atom. The molecule has 0 saturated heterocycles. The predicted octanol–water partition coefficient (Wildman–Crippen LogP) is 10.5. The summed E-state index contributed by atoms with van der Waals surface area (Å²) in [4.78, 5) is 4.93. The number of hydrogen-bond donors (Lipinski definition) is 0. The largest absolute Gasteiger partial charge is 0.311 e. The maximum atomic E-state index is 2.48. The summed E-state index contributed by atoms with van der Waals surface area (Å²) in [5.41, 5.74) is 17.2. The summed E-state index contributed by atoms with van der Waals surface area (Å²) < 4.78 is 2.40. The Balaban J connectivity index is 1.18. The summed E-state index contributed by atoms with van der Waals surface area (Å²) in [7, 11) is 0. The molecular weight excluding hydrogens is 629 g/mol. The first-order valence-electron chi connectivity index (χ1n) is 18.0. The van der Waals surface area contributed by atoms with Crippen LogP contribution in [0.4, 0.5) is 34.1 Å². The molecule has 2 aliphatic heterocycles.